The fraction of sp³-hybridized carbons (Fsp3) is 0.474. The van der Waals surface area contributed by atoms with Crippen LogP contribution < -0.4 is 11.1 Å². The van der Waals surface area contributed by atoms with Crippen molar-refractivity contribution in [2.24, 2.45) is 5.73 Å². The molecule has 29 heavy (non-hydrogen) atoms. The predicted molar refractivity (Wildman–Crippen MR) is 109 cm³/mol. The van der Waals surface area contributed by atoms with Crippen LogP contribution in [0.5, 0.6) is 0 Å². The molecule has 1 aliphatic rings. The van der Waals surface area contributed by atoms with E-state index >= 15 is 0 Å². The van der Waals surface area contributed by atoms with Gasteiger partial charge >= 0.3 is 6.18 Å². The zero-order chi connectivity index (χ0) is 21.6. The zero-order valence-electron chi connectivity index (χ0n) is 15.6. The monoisotopic (exact) mass is 523 g/mol. The maximum Gasteiger partial charge on any atom is 0.426 e. The molecule has 0 bridgehead atoms. The second-order valence-corrected chi connectivity index (χ2v) is 8.77. The smallest absolute Gasteiger partial charge is 0.373 e. The molecule has 10 heteroatoms. The number of amides is 2. The third-order valence-electron chi connectivity index (χ3n) is 5.46. The van der Waals surface area contributed by atoms with Gasteiger partial charge in [0.15, 0.2) is 0 Å². The van der Waals surface area contributed by atoms with Gasteiger partial charge in [-0.2, -0.15) is 13.2 Å². The highest BCUT2D eigenvalue weighted by atomic mass is 127. The predicted octanol–water partition coefficient (Wildman–Crippen LogP) is 3.26. The van der Waals surface area contributed by atoms with E-state index in [9.17, 15) is 27.9 Å². The quantitative estimate of drug-likeness (QED) is 0.537. The molecule has 1 unspecified atom stereocenters. The Bertz CT molecular complexity index is 947. The lowest BCUT2D eigenvalue weighted by Crippen LogP contribution is -2.57. The number of carbonyl (C=O) groups excluding carboxylic acids is 2. The normalized spacial score (nSPS) is 22.3. The number of nitrogens with zero attached hydrogens (tertiary/aromatic N) is 1. The number of alkyl halides is 3. The van der Waals surface area contributed by atoms with Crippen molar-refractivity contribution < 1.29 is 27.9 Å². The highest BCUT2D eigenvalue weighted by molar-refractivity contribution is 14.1. The number of halogens is 4. The van der Waals surface area contributed by atoms with Crippen LogP contribution in [0.2, 0.25) is 0 Å². The number of hydrogen-bond acceptors (Lipinski definition) is 3. The average molecular weight is 523 g/mol. The summed E-state index contributed by atoms with van der Waals surface area (Å²) in [5.74, 6) is -1.96. The Kier molecular flexibility index (Phi) is 5.87. The third-order valence-corrected chi connectivity index (χ3v) is 6.08. The molecule has 1 aromatic heterocycles. The summed E-state index contributed by atoms with van der Waals surface area (Å²) >= 11 is 2.12. The number of benzene rings is 1. The summed E-state index contributed by atoms with van der Waals surface area (Å²) in [6, 6.07) is 5.16. The summed E-state index contributed by atoms with van der Waals surface area (Å²) < 4.78 is 41.3. The van der Waals surface area contributed by atoms with E-state index in [4.69, 9.17) is 5.73 Å². The number of primary amides is 1. The first-order chi connectivity index (χ1) is 13.4. The summed E-state index contributed by atoms with van der Waals surface area (Å²) in [5, 5.41) is 12.7. The lowest BCUT2D eigenvalue weighted by atomic mass is 9.90. The van der Waals surface area contributed by atoms with Gasteiger partial charge in [0.25, 0.3) is 11.8 Å². The summed E-state index contributed by atoms with van der Waals surface area (Å²) in [7, 11) is 0. The molecule has 1 aromatic carbocycles. The Hall–Kier alpha value is -1.82. The second kappa shape index (κ2) is 7.78. The van der Waals surface area contributed by atoms with Crippen LogP contribution >= 0.6 is 22.6 Å². The Labute approximate surface area is 178 Å². The molecule has 0 radical (unpaired) electrons. The Morgan fingerprint density at radius 2 is 1.86 bits per heavy atom. The van der Waals surface area contributed by atoms with Crippen molar-refractivity contribution >= 4 is 45.3 Å². The molecule has 2 aromatic rings. The van der Waals surface area contributed by atoms with E-state index in [0.29, 0.717) is 38.2 Å². The zero-order valence-corrected chi connectivity index (χ0v) is 17.8. The van der Waals surface area contributed by atoms with Gasteiger partial charge in [-0.1, -0.05) is 0 Å². The van der Waals surface area contributed by atoms with E-state index in [2.05, 4.69) is 27.9 Å². The molecule has 2 amide bonds. The summed E-state index contributed by atoms with van der Waals surface area (Å²) in [6.07, 6.45) is -1.03. The number of nitrogens with one attached hydrogen (secondary N) is 1. The fourth-order valence-electron chi connectivity index (χ4n) is 3.72. The van der Waals surface area contributed by atoms with Gasteiger partial charge in [-0.15, -0.1) is 0 Å². The van der Waals surface area contributed by atoms with Crippen LogP contribution in [0.4, 0.5) is 13.2 Å². The largest absolute Gasteiger partial charge is 0.426 e. The van der Waals surface area contributed by atoms with Crippen molar-refractivity contribution in [3.63, 3.8) is 0 Å². The van der Waals surface area contributed by atoms with Crippen LogP contribution in [0.15, 0.2) is 24.4 Å². The first kappa shape index (κ1) is 21.9. The van der Waals surface area contributed by atoms with Gasteiger partial charge in [0, 0.05) is 27.2 Å². The third kappa shape index (κ3) is 4.23. The SMILES string of the molecule is CC(O)(C(=O)NC1CCC(n2ccc3cc(I)cc(C(N)=O)c32)CC1)C(F)(F)F. The number of fused-ring (bicyclic) bond motifs is 1. The van der Waals surface area contributed by atoms with E-state index in [-0.39, 0.29) is 6.04 Å². The van der Waals surface area contributed by atoms with Crippen molar-refractivity contribution in [2.75, 3.05) is 0 Å². The van der Waals surface area contributed by atoms with Crippen molar-refractivity contribution in [2.45, 2.75) is 56.5 Å². The van der Waals surface area contributed by atoms with Gasteiger partial charge < -0.3 is 20.7 Å². The number of carbonyl (C=O) groups is 2. The van der Waals surface area contributed by atoms with E-state index < -0.39 is 29.6 Å². The molecule has 0 spiro atoms. The van der Waals surface area contributed by atoms with Gasteiger partial charge in [-0.05, 0) is 73.4 Å². The Balaban J connectivity index is 1.74. The molecule has 1 aliphatic carbocycles. The van der Waals surface area contributed by atoms with Crippen LogP contribution in [-0.4, -0.2) is 39.3 Å². The topological polar surface area (TPSA) is 97.3 Å². The molecule has 158 valence electrons. The van der Waals surface area contributed by atoms with Crippen LogP contribution in [-0.2, 0) is 4.79 Å². The minimum Gasteiger partial charge on any atom is -0.373 e. The molecule has 0 saturated heterocycles. The number of aromatic nitrogens is 1. The van der Waals surface area contributed by atoms with E-state index in [1.54, 1.807) is 6.07 Å². The van der Waals surface area contributed by atoms with Gasteiger partial charge in [0.2, 0.25) is 5.60 Å². The maximum atomic E-state index is 12.8. The second-order valence-electron chi connectivity index (χ2n) is 7.53. The molecule has 0 aliphatic heterocycles. The molecule has 6 nitrogen and oxygen atoms in total. The summed E-state index contributed by atoms with van der Waals surface area (Å²) in [4.78, 5) is 23.8. The molecule has 1 heterocycles. The number of rotatable bonds is 4. The minimum absolute atomic E-state index is 0.0296. The first-order valence-corrected chi connectivity index (χ1v) is 10.2. The minimum atomic E-state index is -5.04. The molecular formula is C19H21F3IN3O3. The van der Waals surface area contributed by atoms with Crippen molar-refractivity contribution in [1.82, 2.24) is 9.88 Å². The van der Waals surface area contributed by atoms with Crippen LogP contribution in [0.25, 0.3) is 10.9 Å². The first-order valence-electron chi connectivity index (χ1n) is 9.11. The molecule has 4 N–H and O–H groups in total. The number of hydrogen-bond donors (Lipinski definition) is 3. The maximum absolute atomic E-state index is 12.8. The van der Waals surface area contributed by atoms with Crippen LogP contribution in [0, 0.1) is 3.57 Å². The van der Waals surface area contributed by atoms with Crippen molar-refractivity contribution in [1.29, 1.82) is 0 Å². The number of aliphatic hydroxyl groups is 1. The summed E-state index contributed by atoms with van der Waals surface area (Å²) in [5.41, 5.74) is 3.28. The lowest BCUT2D eigenvalue weighted by molar-refractivity contribution is -0.245. The molecule has 3 rings (SSSR count). The lowest BCUT2D eigenvalue weighted by Gasteiger charge is -2.33. The fourth-order valence-corrected chi connectivity index (χ4v) is 4.36. The van der Waals surface area contributed by atoms with Gasteiger partial charge in [0.1, 0.15) is 0 Å². The number of nitrogens with two attached hydrogens (primary N) is 1. The molecule has 1 saturated carbocycles. The summed E-state index contributed by atoms with van der Waals surface area (Å²) in [6.45, 7) is 0.451. The highest BCUT2D eigenvalue weighted by Crippen LogP contribution is 2.35. The van der Waals surface area contributed by atoms with Gasteiger partial charge in [0.05, 0.1) is 11.1 Å². The van der Waals surface area contributed by atoms with Gasteiger partial charge in [-0.3, -0.25) is 9.59 Å². The van der Waals surface area contributed by atoms with E-state index in [1.165, 1.54) is 0 Å². The van der Waals surface area contributed by atoms with E-state index in [1.807, 2.05) is 22.9 Å². The molecule has 1 fully saturated rings. The van der Waals surface area contributed by atoms with Crippen LogP contribution in [0.3, 0.4) is 0 Å². The van der Waals surface area contributed by atoms with Gasteiger partial charge in [-0.25, -0.2) is 0 Å². The Morgan fingerprint density at radius 1 is 1.24 bits per heavy atom. The van der Waals surface area contributed by atoms with E-state index in [0.717, 1.165) is 14.5 Å². The standard InChI is InChI=1S/C19H21F3IN3O3/c1-18(29,19(20,21)22)17(28)25-12-2-4-13(5-3-12)26-7-6-10-8-11(23)9-14(15(10)26)16(24)27/h6-9,12-13,29H,2-5H2,1H3,(H2,24,27)(H,25,28). The van der Waals surface area contributed by atoms with Crippen molar-refractivity contribution in [3.05, 3.63) is 33.5 Å². The van der Waals surface area contributed by atoms with Crippen LogP contribution in [0.1, 0.15) is 49.0 Å². The molecule has 1 atom stereocenters. The average Bonchev–Trinajstić information content (AvgIpc) is 3.04. The van der Waals surface area contributed by atoms with Crippen molar-refractivity contribution in [3.8, 4) is 0 Å². The highest BCUT2D eigenvalue weighted by Gasteiger charge is 2.56. The molecular weight excluding hydrogens is 502 g/mol. The Morgan fingerprint density at radius 3 is 2.41 bits per heavy atom.